The summed E-state index contributed by atoms with van der Waals surface area (Å²) in [6.45, 7) is 11.2. The monoisotopic (exact) mass is 1150 g/mol. The van der Waals surface area contributed by atoms with Crippen molar-refractivity contribution < 1.29 is 0 Å². The smallest absolute Gasteiger partial charge is 0.124 e. The third kappa shape index (κ3) is 22.6. The van der Waals surface area contributed by atoms with E-state index in [0.717, 1.165) is 42.8 Å². The number of benzene rings is 1. The predicted octanol–water partition coefficient (Wildman–Crippen LogP) is 23.7. The lowest BCUT2D eigenvalue weighted by Crippen LogP contribution is -2.14. The number of halogens is 2. The first-order valence-corrected chi connectivity index (χ1v) is 34.0. The third-order valence-corrected chi connectivity index (χ3v) is 19.1. The normalized spacial score (nSPS) is 12.9. The Morgan fingerprint density at radius 1 is 0.389 bits per heavy atom. The zero-order chi connectivity index (χ0) is 50.9. The van der Waals surface area contributed by atoms with Crippen LogP contribution in [-0.2, 0) is 13.1 Å². The van der Waals surface area contributed by atoms with Crippen molar-refractivity contribution >= 4 is 76.6 Å². The van der Waals surface area contributed by atoms with Crippen molar-refractivity contribution in [1.82, 2.24) is 24.5 Å². The van der Waals surface area contributed by atoms with Crippen LogP contribution in [0, 0.1) is 11.8 Å². The topological polar surface area (TPSA) is 48.5 Å². The zero-order valence-electron chi connectivity index (χ0n) is 46.5. The van der Waals surface area contributed by atoms with Crippen molar-refractivity contribution in [3.63, 3.8) is 0 Å². The van der Waals surface area contributed by atoms with Gasteiger partial charge in [0.2, 0.25) is 0 Å². The van der Waals surface area contributed by atoms with Gasteiger partial charge in [0, 0.05) is 27.4 Å². The van der Waals surface area contributed by atoms with E-state index in [4.69, 9.17) is 15.2 Å². The fraction of sp³-hybridized carbons (Fsp3) is 0.762. The van der Waals surface area contributed by atoms with E-state index in [-0.39, 0.29) is 0 Å². The lowest BCUT2D eigenvalue weighted by molar-refractivity contribution is 0.326. The SMILES string of the molecule is CCCCCCCCCCCCC(CCCCCCCCCC)Cn1nc2c(-c3ccc(Br)s3)c3ncn(CC(CCCCCCCCCC)CCCCCCCCCCCC)c3c(-c3ccc(Br)s3)c2n1. The number of rotatable bonds is 46. The molecule has 4 heterocycles. The maximum Gasteiger partial charge on any atom is 0.124 e. The molecule has 72 heavy (non-hydrogen) atoms. The molecule has 5 nitrogen and oxygen atoms in total. The second-order valence-electron chi connectivity index (χ2n) is 22.2. The second-order valence-corrected chi connectivity index (χ2v) is 27.1. The Bertz CT molecular complexity index is 2110. The van der Waals surface area contributed by atoms with Gasteiger partial charge in [-0.05, 0) is 93.6 Å². The number of aromatic nitrogens is 5. The standard InChI is InChI=1S/C63H103Br2N5S2/c1-5-9-13-17-21-25-27-31-34-38-42-52(41-37-33-29-23-19-15-11-7-3)49-69-51-66-62-58(54-45-47-56(64)71-54)60-61(59(63(62)69)55-46-48-57(65)72-55)68-70(67-60)50-53(43-39-35-30-24-20-16-12-8-4)44-40-36-32-28-26-22-18-14-10-6-2/h45-48,51-53H,5-44,49-50H2,1-4H3. The number of hydrogen-bond donors (Lipinski definition) is 0. The molecular weight excluding hydrogens is 1050 g/mol. The van der Waals surface area contributed by atoms with Crippen LogP contribution in [0.3, 0.4) is 0 Å². The zero-order valence-corrected chi connectivity index (χ0v) is 51.4. The van der Waals surface area contributed by atoms with Crippen molar-refractivity contribution in [2.75, 3.05) is 0 Å². The van der Waals surface area contributed by atoms with E-state index in [1.165, 1.54) is 278 Å². The molecule has 0 N–H and O–H groups in total. The summed E-state index contributed by atoms with van der Waals surface area (Å²) in [7, 11) is 0. The number of imidazole rings is 1. The van der Waals surface area contributed by atoms with Gasteiger partial charge in [-0.1, -0.05) is 259 Å². The van der Waals surface area contributed by atoms with Gasteiger partial charge in [0.05, 0.1) is 26.0 Å². The Kier molecular flexibility index (Phi) is 32.4. The largest absolute Gasteiger partial charge is 0.330 e. The second kappa shape index (κ2) is 38.1. The number of unbranched alkanes of at least 4 members (excludes halogenated alkanes) is 32. The van der Waals surface area contributed by atoms with Crippen molar-refractivity contribution in [1.29, 1.82) is 0 Å². The van der Waals surface area contributed by atoms with E-state index in [0.29, 0.717) is 11.8 Å². The Hall–Kier alpha value is -1.55. The van der Waals surface area contributed by atoms with Gasteiger partial charge in [-0.15, -0.1) is 22.7 Å². The summed E-state index contributed by atoms with van der Waals surface area (Å²) in [4.78, 5) is 10.0. The van der Waals surface area contributed by atoms with Gasteiger partial charge in [-0.3, -0.25) is 0 Å². The minimum absolute atomic E-state index is 0.587. The highest BCUT2D eigenvalue weighted by atomic mass is 79.9. The first-order valence-electron chi connectivity index (χ1n) is 30.7. The molecule has 1 aromatic carbocycles. The van der Waals surface area contributed by atoms with Crippen LogP contribution < -0.4 is 0 Å². The Labute approximate surface area is 466 Å². The molecule has 0 aliphatic rings. The molecule has 5 aromatic rings. The van der Waals surface area contributed by atoms with Gasteiger partial charge in [-0.2, -0.15) is 15.0 Å². The van der Waals surface area contributed by atoms with Gasteiger partial charge in [0.25, 0.3) is 0 Å². The lowest BCUT2D eigenvalue weighted by atomic mass is 9.93. The lowest BCUT2D eigenvalue weighted by Gasteiger charge is -2.19. The van der Waals surface area contributed by atoms with E-state index in [1.54, 1.807) is 11.3 Å². The van der Waals surface area contributed by atoms with Gasteiger partial charge in [-0.25, -0.2) is 4.98 Å². The molecule has 9 heteroatoms. The highest BCUT2D eigenvalue weighted by molar-refractivity contribution is 9.11. The fourth-order valence-electron chi connectivity index (χ4n) is 11.5. The van der Waals surface area contributed by atoms with E-state index in [1.807, 2.05) is 11.3 Å². The summed E-state index contributed by atoms with van der Waals surface area (Å²) >= 11 is 11.4. The Balaban J connectivity index is 1.41. The third-order valence-electron chi connectivity index (χ3n) is 15.8. The molecular formula is C63H103Br2N5S2. The molecule has 2 unspecified atom stereocenters. The Morgan fingerprint density at radius 3 is 1.06 bits per heavy atom. The van der Waals surface area contributed by atoms with Crippen LogP contribution in [0.1, 0.15) is 285 Å². The van der Waals surface area contributed by atoms with Crippen LogP contribution in [-0.4, -0.2) is 24.5 Å². The van der Waals surface area contributed by atoms with Gasteiger partial charge >= 0.3 is 0 Å². The number of nitrogens with zero attached hydrogens (tertiary/aromatic N) is 5. The maximum atomic E-state index is 5.62. The van der Waals surface area contributed by atoms with Crippen LogP contribution in [0.25, 0.3) is 42.9 Å². The van der Waals surface area contributed by atoms with Gasteiger partial charge < -0.3 is 4.57 Å². The molecule has 2 atom stereocenters. The molecule has 406 valence electrons. The molecule has 0 spiro atoms. The molecule has 4 aromatic heterocycles. The molecule has 0 aliphatic heterocycles. The number of thiophene rings is 2. The fourth-order valence-corrected chi connectivity index (χ4v) is 14.3. The summed E-state index contributed by atoms with van der Waals surface area (Å²) in [5.74, 6) is 1.22. The average Bonchev–Trinajstić information content (AvgIpc) is 4.21. The van der Waals surface area contributed by atoms with E-state index < -0.39 is 0 Å². The highest BCUT2D eigenvalue weighted by Gasteiger charge is 2.27. The molecule has 0 bridgehead atoms. The van der Waals surface area contributed by atoms with Crippen LogP contribution >= 0.6 is 54.5 Å². The minimum Gasteiger partial charge on any atom is -0.330 e. The van der Waals surface area contributed by atoms with E-state index in [9.17, 15) is 0 Å². The van der Waals surface area contributed by atoms with Gasteiger partial charge in [0.1, 0.15) is 16.6 Å². The van der Waals surface area contributed by atoms with Crippen molar-refractivity contribution in [3.8, 4) is 20.9 Å². The molecule has 0 saturated heterocycles. The molecule has 0 fully saturated rings. The predicted molar refractivity (Wildman–Crippen MR) is 327 cm³/mol. The van der Waals surface area contributed by atoms with Crippen LogP contribution in [0.2, 0.25) is 0 Å². The number of hydrogen-bond acceptors (Lipinski definition) is 5. The summed E-state index contributed by atoms with van der Waals surface area (Å²) in [5.41, 5.74) is 6.74. The minimum atomic E-state index is 0.587. The summed E-state index contributed by atoms with van der Waals surface area (Å²) in [5, 5.41) is 11.2. The van der Waals surface area contributed by atoms with Crippen molar-refractivity contribution in [2.24, 2.45) is 11.8 Å². The molecule has 0 radical (unpaired) electrons. The summed E-state index contributed by atoms with van der Waals surface area (Å²) in [6, 6.07) is 8.99. The summed E-state index contributed by atoms with van der Waals surface area (Å²) < 4.78 is 4.85. The summed E-state index contributed by atoms with van der Waals surface area (Å²) in [6.07, 6.45) is 57.0. The first-order chi connectivity index (χ1) is 35.5. The van der Waals surface area contributed by atoms with Crippen molar-refractivity contribution in [3.05, 3.63) is 38.2 Å². The number of fused-ring (bicyclic) bond motifs is 2. The van der Waals surface area contributed by atoms with E-state index in [2.05, 4.69) is 99.5 Å². The van der Waals surface area contributed by atoms with Crippen LogP contribution in [0.5, 0.6) is 0 Å². The van der Waals surface area contributed by atoms with E-state index >= 15 is 0 Å². The average molecular weight is 1150 g/mol. The van der Waals surface area contributed by atoms with Crippen molar-refractivity contribution in [2.45, 2.75) is 298 Å². The van der Waals surface area contributed by atoms with Crippen LogP contribution in [0.4, 0.5) is 0 Å². The van der Waals surface area contributed by atoms with Crippen LogP contribution in [0.15, 0.2) is 38.2 Å². The maximum absolute atomic E-state index is 5.62. The molecule has 0 saturated carbocycles. The quantitative estimate of drug-likeness (QED) is 0.0365. The molecule has 5 rings (SSSR count). The molecule has 0 aliphatic carbocycles. The first kappa shape index (κ1) is 61.3. The van der Waals surface area contributed by atoms with Gasteiger partial charge in [0.15, 0.2) is 0 Å². The highest BCUT2D eigenvalue weighted by Crippen LogP contribution is 2.46. The molecule has 0 amide bonds. The Morgan fingerprint density at radius 2 is 0.708 bits per heavy atom.